The van der Waals surface area contributed by atoms with Gasteiger partial charge in [0.05, 0.1) is 0 Å². The van der Waals surface area contributed by atoms with Crippen LogP contribution in [0.2, 0.25) is 0 Å². The summed E-state index contributed by atoms with van der Waals surface area (Å²) in [6.45, 7) is 3.12. The minimum atomic E-state index is -0.960. The lowest BCUT2D eigenvalue weighted by Crippen LogP contribution is -2.46. The molecule has 4 heteroatoms. The van der Waals surface area contributed by atoms with Crippen molar-refractivity contribution in [2.75, 3.05) is 13.2 Å². The zero-order valence-electron chi connectivity index (χ0n) is 10.9. The van der Waals surface area contributed by atoms with Crippen molar-refractivity contribution in [3.63, 3.8) is 0 Å². The zero-order chi connectivity index (χ0) is 13.2. The normalized spacial score (nSPS) is 24.5. The number of carbonyl (C=O) groups excluding carboxylic acids is 3. The molecule has 1 saturated heterocycles. The van der Waals surface area contributed by atoms with Gasteiger partial charge in [0.1, 0.15) is 5.92 Å². The fraction of sp³-hybridized carbons (Fsp3) is 0.786. The van der Waals surface area contributed by atoms with Gasteiger partial charge >= 0.3 is 0 Å². The minimum absolute atomic E-state index is 0.161. The summed E-state index contributed by atoms with van der Waals surface area (Å²) in [5.41, 5.74) is -0.213. The van der Waals surface area contributed by atoms with E-state index in [1.54, 1.807) is 0 Å². The van der Waals surface area contributed by atoms with E-state index in [2.05, 4.69) is 0 Å². The smallest absolute Gasteiger partial charge is 0.151 e. The molecule has 0 aromatic rings. The lowest BCUT2D eigenvalue weighted by atomic mass is 9.64. The fourth-order valence-corrected chi connectivity index (χ4v) is 3.09. The van der Waals surface area contributed by atoms with Gasteiger partial charge in [-0.1, -0.05) is 6.92 Å². The maximum atomic E-state index is 12.1. The molecule has 2 aliphatic rings. The average molecular weight is 252 g/mol. The molecule has 2 rings (SSSR count). The predicted molar refractivity (Wildman–Crippen MR) is 65.1 cm³/mol. The Labute approximate surface area is 107 Å². The molecule has 0 atom stereocenters. The third kappa shape index (κ3) is 2.53. The number of carbonyl (C=O) groups is 3. The molecule has 0 radical (unpaired) electrons. The van der Waals surface area contributed by atoms with E-state index in [4.69, 9.17) is 4.74 Å². The van der Waals surface area contributed by atoms with Gasteiger partial charge in [0.25, 0.3) is 0 Å². The van der Waals surface area contributed by atoms with E-state index in [1.807, 2.05) is 6.92 Å². The van der Waals surface area contributed by atoms with E-state index in [9.17, 15) is 14.4 Å². The minimum Gasteiger partial charge on any atom is -0.381 e. The van der Waals surface area contributed by atoms with Crippen LogP contribution in [0.4, 0.5) is 0 Å². The summed E-state index contributed by atoms with van der Waals surface area (Å²) in [4.78, 5) is 36.0. The van der Waals surface area contributed by atoms with Gasteiger partial charge in [-0.3, -0.25) is 14.4 Å². The van der Waals surface area contributed by atoms with Crippen LogP contribution in [0.5, 0.6) is 0 Å². The monoisotopic (exact) mass is 252 g/mol. The van der Waals surface area contributed by atoms with Gasteiger partial charge in [-0.15, -0.1) is 0 Å². The second-order valence-corrected chi connectivity index (χ2v) is 5.55. The van der Waals surface area contributed by atoms with Crippen molar-refractivity contribution in [2.45, 2.75) is 45.4 Å². The standard InChI is InChI=1S/C14H20O4/c1-2-3-10(15)13-11(16)8-14(9-12(13)17)4-6-18-7-5-14/h13H,2-9H2,1H3. The maximum absolute atomic E-state index is 12.1. The first-order valence-corrected chi connectivity index (χ1v) is 6.74. The third-order valence-corrected chi connectivity index (χ3v) is 4.11. The fourth-order valence-electron chi connectivity index (χ4n) is 3.09. The van der Waals surface area contributed by atoms with Crippen molar-refractivity contribution < 1.29 is 19.1 Å². The van der Waals surface area contributed by atoms with Gasteiger partial charge in [0.2, 0.25) is 0 Å². The quantitative estimate of drug-likeness (QED) is 0.717. The second-order valence-electron chi connectivity index (χ2n) is 5.55. The molecule has 0 N–H and O–H groups in total. The number of ether oxygens (including phenoxy) is 1. The van der Waals surface area contributed by atoms with E-state index in [-0.39, 0.29) is 22.8 Å². The van der Waals surface area contributed by atoms with Crippen LogP contribution in [0.3, 0.4) is 0 Å². The number of ketones is 3. The molecule has 1 saturated carbocycles. The van der Waals surface area contributed by atoms with Crippen LogP contribution in [-0.4, -0.2) is 30.6 Å². The molecule has 18 heavy (non-hydrogen) atoms. The Morgan fingerprint density at radius 2 is 1.78 bits per heavy atom. The molecule has 0 amide bonds. The van der Waals surface area contributed by atoms with E-state index < -0.39 is 5.92 Å². The highest BCUT2D eigenvalue weighted by molar-refractivity contribution is 6.20. The molecule has 2 fully saturated rings. The topological polar surface area (TPSA) is 60.4 Å². The van der Waals surface area contributed by atoms with Gasteiger partial charge in [-0.05, 0) is 24.7 Å². The summed E-state index contributed by atoms with van der Waals surface area (Å²) < 4.78 is 5.29. The van der Waals surface area contributed by atoms with Gasteiger partial charge in [0.15, 0.2) is 17.3 Å². The Kier molecular flexibility index (Phi) is 3.95. The maximum Gasteiger partial charge on any atom is 0.151 e. The van der Waals surface area contributed by atoms with E-state index in [1.165, 1.54) is 0 Å². The van der Waals surface area contributed by atoms with Crippen molar-refractivity contribution in [1.82, 2.24) is 0 Å². The summed E-state index contributed by atoms with van der Waals surface area (Å²) in [6, 6.07) is 0. The highest BCUT2D eigenvalue weighted by Gasteiger charge is 2.47. The summed E-state index contributed by atoms with van der Waals surface area (Å²) in [5.74, 6) is -1.47. The van der Waals surface area contributed by atoms with E-state index >= 15 is 0 Å². The lowest BCUT2D eigenvalue weighted by Gasteiger charge is -2.40. The summed E-state index contributed by atoms with van der Waals surface area (Å²) >= 11 is 0. The SMILES string of the molecule is CCCC(=O)C1C(=O)CC2(CCOCC2)CC1=O. The number of hydrogen-bond acceptors (Lipinski definition) is 4. The van der Waals surface area contributed by atoms with Crippen LogP contribution < -0.4 is 0 Å². The first-order chi connectivity index (χ1) is 8.58. The molecule has 4 nitrogen and oxygen atoms in total. The molecule has 100 valence electrons. The molecule has 0 bridgehead atoms. The number of Topliss-reactive ketones (excluding diaryl/α,β-unsaturated/α-hetero) is 3. The molecule has 1 spiro atoms. The van der Waals surface area contributed by atoms with Crippen LogP contribution in [-0.2, 0) is 19.1 Å². The van der Waals surface area contributed by atoms with Crippen LogP contribution in [0.15, 0.2) is 0 Å². The van der Waals surface area contributed by atoms with Gasteiger partial charge in [-0.2, -0.15) is 0 Å². The van der Waals surface area contributed by atoms with Crippen LogP contribution in [0.1, 0.15) is 45.4 Å². The van der Waals surface area contributed by atoms with Crippen molar-refractivity contribution >= 4 is 17.3 Å². The third-order valence-electron chi connectivity index (χ3n) is 4.11. The van der Waals surface area contributed by atoms with E-state index in [0.29, 0.717) is 38.9 Å². The Morgan fingerprint density at radius 3 is 2.28 bits per heavy atom. The van der Waals surface area contributed by atoms with Crippen LogP contribution in [0.25, 0.3) is 0 Å². The van der Waals surface area contributed by atoms with Crippen molar-refractivity contribution in [3.05, 3.63) is 0 Å². The molecule has 0 aromatic carbocycles. The lowest BCUT2D eigenvalue weighted by molar-refractivity contribution is -0.148. The molecule has 0 unspecified atom stereocenters. The Hall–Kier alpha value is -1.03. The second kappa shape index (κ2) is 5.31. The van der Waals surface area contributed by atoms with Crippen molar-refractivity contribution in [1.29, 1.82) is 0 Å². The summed E-state index contributed by atoms with van der Waals surface area (Å²) in [5, 5.41) is 0. The van der Waals surface area contributed by atoms with Crippen molar-refractivity contribution in [3.8, 4) is 0 Å². The van der Waals surface area contributed by atoms with Gasteiger partial charge < -0.3 is 4.74 Å². The Balaban J connectivity index is 2.10. The van der Waals surface area contributed by atoms with E-state index in [0.717, 1.165) is 12.8 Å². The molecule has 1 aliphatic carbocycles. The summed E-state index contributed by atoms with van der Waals surface area (Å²) in [6.07, 6.45) is 3.30. The summed E-state index contributed by atoms with van der Waals surface area (Å²) in [7, 11) is 0. The molecule has 1 aliphatic heterocycles. The molecular formula is C14H20O4. The van der Waals surface area contributed by atoms with Crippen molar-refractivity contribution in [2.24, 2.45) is 11.3 Å². The Morgan fingerprint density at radius 1 is 1.22 bits per heavy atom. The van der Waals surface area contributed by atoms with Gasteiger partial charge in [-0.25, -0.2) is 0 Å². The highest BCUT2D eigenvalue weighted by atomic mass is 16.5. The number of hydrogen-bond donors (Lipinski definition) is 0. The molecule has 1 heterocycles. The first kappa shape index (κ1) is 13.4. The largest absolute Gasteiger partial charge is 0.381 e. The first-order valence-electron chi connectivity index (χ1n) is 6.74. The predicted octanol–water partition coefficient (Wildman–Crippen LogP) is 1.70. The molecular weight excluding hydrogens is 232 g/mol. The van der Waals surface area contributed by atoms with Gasteiger partial charge in [0, 0.05) is 32.5 Å². The zero-order valence-corrected chi connectivity index (χ0v) is 10.9. The number of rotatable bonds is 3. The average Bonchev–Trinajstić information content (AvgIpc) is 2.28. The van der Waals surface area contributed by atoms with Crippen LogP contribution >= 0.6 is 0 Å². The molecule has 0 aromatic heterocycles. The Bertz CT molecular complexity index is 346. The van der Waals surface area contributed by atoms with Crippen LogP contribution in [0, 0.1) is 11.3 Å². The highest BCUT2D eigenvalue weighted by Crippen LogP contribution is 2.43.